The second-order valence-corrected chi connectivity index (χ2v) is 9.35. The SMILES string of the molecule is O=C(NCc1cnc(C(F)(F)F)s1)c1ccc2c(c1)NC(=O)c1ccncc1S2(=O)=O. The Balaban J connectivity index is 1.59. The van der Waals surface area contributed by atoms with Gasteiger partial charge >= 0.3 is 6.18 Å². The first-order chi connectivity index (χ1) is 14.6. The zero-order valence-electron chi connectivity index (χ0n) is 15.2. The van der Waals surface area contributed by atoms with Gasteiger partial charge in [0.15, 0.2) is 5.01 Å². The Morgan fingerprint density at radius 2 is 1.94 bits per heavy atom. The van der Waals surface area contributed by atoms with E-state index in [1.807, 2.05) is 0 Å². The average Bonchev–Trinajstić information content (AvgIpc) is 3.18. The van der Waals surface area contributed by atoms with E-state index in [1.165, 1.54) is 30.5 Å². The third kappa shape index (κ3) is 3.88. The molecule has 8 nitrogen and oxygen atoms in total. The zero-order valence-corrected chi connectivity index (χ0v) is 16.9. The minimum atomic E-state index is -4.57. The van der Waals surface area contributed by atoms with E-state index in [0.29, 0.717) is 11.3 Å². The first-order valence-electron chi connectivity index (χ1n) is 8.52. The second-order valence-electron chi connectivity index (χ2n) is 6.35. The highest BCUT2D eigenvalue weighted by atomic mass is 32.2. The summed E-state index contributed by atoms with van der Waals surface area (Å²) in [7, 11) is -4.07. The highest BCUT2D eigenvalue weighted by molar-refractivity contribution is 7.91. The van der Waals surface area contributed by atoms with Crippen molar-refractivity contribution in [3.8, 4) is 0 Å². The predicted molar refractivity (Wildman–Crippen MR) is 102 cm³/mol. The summed E-state index contributed by atoms with van der Waals surface area (Å²) in [5.41, 5.74) is -0.159. The number of nitrogens with zero attached hydrogens (tertiary/aromatic N) is 2. The molecule has 1 aromatic carbocycles. The molecule has 31 heavy (non-hydrogen) atoms. The van der Waals surface area contributed by atoms with E-state index < -0.39 is 32.8 Å². The van der Waals surface area contributed by atoms with Crippen LogP contribution in [0.5, 0.6) is 0 Å². The number of anilines is 1. The standard InChI is InChI=1S/C18H11F3N4O4S2/c19-18(20,21)17-24-7-10(30-17)6-23-15(26)9-1-2-13-12(5-9)25-16(27)11-3-4-22-8-14(11)31(13,28)29/h1-5,7-8H,6H2,(H,23,26)(H,25,27). The molecule has 3 aromatic rings. The van der Waals surface area contributed by atoms with Gasteiger partial charge in [-0.15, -0.1) is 11.3 Å². The number of sulfone groups is 1. The number of hydrogen-bond acceptors (Lipinski definition) is 7. The van der Waals surface area contributed by atoms with Crippen molar-refractivity contribution < 1.29 is 31.2 Å². The number of benzene rings is 1. The first kappa shape index (κ1) is 20.9. The molecule has 0 aliphatic carbocycles. The smallest absolute Gasteiger partial charge is 0.347 e. The second kappa shape index (κ2) is 7.42. The summed E-state index contributed by atoms with van der Waals surface area (Å²) in [6.45, 7) is -0.203. The van der Waals surface area contributed by atoms with Crippen LogP contribution in [0, 0.1) is 0 Å². The van der Waals surface area contributed by atoms with Crippen LogP contribution in [0.4, 0.5) is 18.9 Å². The van der Waals surface area contributed by atoms with Gasteiger partial charge in [0.25, 0.3) is 11.8 Å². The number of halogens is 3. The van der Waals surface area contributed by atoms with Crippen molar-refractivity contribution in [1.29, 1.82) is 0 Å². The van der Waals surface area contributed by atoms with E-state index in [4.69, 9.17) is 0 Å². The number of aromatic nitrogens is 2. The topological polar surface area (TPSA) is 118 Å². The summed E-state index contributed by atoms with van der Waals surface area (Å²) in [4.78, 5) is 31.6. The molecule has 2 N–H and O–H groups in total. The van der Waals surface area contributed by atoms with Crippen molar-refractivity contribution in [3.63, 3.8) is 0 Å². The lowest BCUT2D eigenvalue weighted by atomic mass is 10.1. The summed E-state index contributed by atoms with van der Waals surface area (Å²) in [6.07, 6.45) is -1.19. The van der Waals surface area contributed by atoms with Crippen molar-refractivity contribution in [2.45, 2.75) is 22.5 Å². The molecule has 0 saturated carbocycles. The number of nitrogens with one attached hydrogen (secondary N) is 2. The van der Waals surface area contributed by atoms with Crippen LogP contribution in [-0.4, -0.2) is 30.2 Å². The molecule has 0 atom stereocenters. The Morgan fingerprint density at radius 3 is 2.65 bits per heavy atom. The molecule has 160 valence electrons. The normalized spacial score (nSPS) is 14.7. The maximum absolute atomic E-state index is 12.9. The third-order valence-corrected chi connectivity index (χ3v) is 7.20. The molecule has 2 amide bonds. The molecule has 0 unspecified atom stereocenters. The van der Waals surface area contributed by atoms with Crippen LogP contribution in [0.3, 0.4) is 0 Å². The van der Waals surface area contributed by atoms with Crippen LogP contribution in [-0.2, 0) is 22.6 Å². The summed E-state index contributed by atoms with van der Waals surface area (Å²) in [5.74, 6) is -1.35. The molecular weight excluding hydrogens is 457 g/mol. The highest BCUT2D eigenvalue weighted by Gasteiger charge is 2.35. The van der Waals surface area contributed by atoms with Crippen LogP contribution in [0.2, 0.25) is 0 Å². The number of alkyl halides is 3. The van der Waals surface area contributed by atoms with E-state index in [2.05, 4.69) is 20.6 Å². The molecule has 2 aromatic heterocycles. The molecule has 1 aliphatic rings. The first-order valence-corrected chi connectivity index (χ1v) is 10.8. The van der Waals surface area contributed by atoms with E-state index in [-0.39, 0.29) is 38.0 Å². The third-order valence-electron chi connectivity index (χ3n) is 4.32. The summed E-state index contributed by atoms with van der Waals surface area (Å²) < 4.78 is 63.7. The predicted octanol–water partition coefficient (Wildman–Crippen LogP) is 2.89. The number of pyridine rings is 1. The molecule has 4 rings (SSSR count). The van der Waals surface area contributed by atoms with Crippen LogP contribution < -0.4 is 10.6 Å². The van der Waals surface area contributed by atoms with E-state index >= 15 is 0 Å². The van der Waals surface area contributed by atoms with Gasteiger partial charge in [0.05, 0.1) is 22.7 Å². The maximum atomic E-state index is 12.9. The van der Waals surface area contributed by atoms with Gasteiger partial charge in [-0.25, -0.2) is 13.4 Å². The largest absolute Gasteiger partial charge is 0.443 e. The Hall–Kier alpha value is -3.32. The lowest BCUT2D eigenvalue weighted by Gasteiger charge is -2.10. The number of fused-ring (bicyclic) bond motifs is 2. The van der Waals surface area contributed by atoms with Gasteiger partial charge in [-0.3, -0.25) is 14.6 Å². The summed E-state index contributed by atoms with van der Waals surface area (Å²) >= 11 is 0.403. The van der Waals surface area contributed by atoms with Gasteiger partial charge in [-0.2, -0.15) is 13.2 Å². The maximum Gasteiger partial charge on any atom is 0.443 e. The molecule has 0 fully saturated rings. The molecule has 13 heteroatoms. The number of rotatable bonds is 3. The lowest BCUT2D eigenvalue weighted by molar-refractivity contribution is -0.137. The van der Waals surface area contributed by atoms with E-state index in [1.54, 1.807) is 0 Å². The van der Waals surface area contributed by atoms with Gasteiger partial charge in [0.1, 0.15) is 4.90 Å². The summed E-state index contributed by atoms with van der Waals surface area (Å²) in [6, 6.07) is 4.88. The Labute approximate surface area is 177 Å². The molecule has 0 saturated heterocycles. The minimum Gasteiger partial charge on any atom is -0.347 e. The number of carbonyl (C=O) groups is 2. The fourth-order valence-corrected chi connectivity index (χ4v) is 5.14. The molecular formula is C18H11F3N4O4S2. The van der Waals surface area contributed by atoms with Gasteiger partial charge in [-0.1, -0.05) is 0 Å². The van der Waals surface area contributed by atoms with Gasteiger partial charge < -0.3 is 10.6 Å². The highest BCUT2D eigenvalue weighted by Crippen LogP contribution is 2.34. The van der Waals surface area contributed by atoms with Crippen molar-refractivity contribution >= 4 is 38.7 Å². The average molecular weight is 468 g/mol. The number of amides is 2. The molecule has 0 bridgehead atoms. The van der Waals surface area contributed by atoms with Crippen LogP contribution in [0.1, 0.15) is 30.6 Å². The molecule has 1 aliphatic heterocycles. The molecule has 3 heterocycles. The molecule has 0 radical (unpaired) electrons. The zero-order chi connectivity index (χ0) is 22.4. The van der Waals surface area contributed by atoms with Gasteiger partial charge in [-0.05, 0) is 24.3 Å². The van der Waals surface area contributed by atoms with Gasteiger partial charge in [0.2, 0.25) is 9.84 Å². The van der Waals surface area contributed by atoms with Crippen molar-refractivity contribution in [3.05, 3.63) is 63.9 Å². The number of hydrogen-bond donors (Lipinski definition) is 2. The Morgan fingerprint density at radius 1 is 1.16 bits per heavy atom. The Kier molecular flexibility index (Phi) is 5.01. The van der Waals surface area contributed by atoms with Crippen LogP contribution in [0.25, 0.3) is 0 Å². The minimum absolute atomic E-state index is 0.0129. The quantitative estimate of drug-likeness (QED) is 0.610. The number of carbonyl (C=O) groups excluding carboxylic acids is 2. The summed E-state index contributed by atoms with van der Waals surface area (Å²) in [5, 5.41) is 3.88. The fourth-order valence-electron chi connectivity index (χ4n) is 2.88. The van der Waals surface area contributed by atoms with E-state index in [9.17, 15) is 31.2 Å². The lowest BCUT2D eigenvalue weighted by Crippen LogP contribution is -2.22. The van der Waals surface area contributed by atoms with Crippen molar-refractivity contribution in [2.75, 3.05) is 5.32 Å². The number of thiazole rings is 1. The van der Waals surface area contributed by atoms with Crippen LogP contribution >= 0.6 is 11.3 Å². The van der Waals surface area contributed by atoms with Gasteiger partial charge in [0, 0.05) is 29.0 Å². The fraction of sp³-hybridized carbons (Fsp3) is 0.111. The van der Waals surface area contributed by atoms with Crippen LogP contribution in [0.15, 0.2) is 52.6 Å². The monoisotopic (exact) mass is 468 g/mol. The van der Waals surface area contributed by atoms with Crippen molar-refractivity contribution in [1.82, 2.24) is 15.3 Å². The molecule has 0 spiro atoms. The van der Waals surface area contributed by atoms with Crippen molar-refractivity contribution in [2.24, 2.45) is 0 Å². The Bertz CT molecular complexity index is 1320. The van der Waals surface area contributed by atoms with E-state index in [0.717, 1.165) is 12.4 Å².